The van der Waals surface area contributed by atoms with Gasteiger partial charge in [0.05, 0.1) is 0 Å². The molecule has 0 aliphatic carbocycles. The van der Waals surface area contributed by atoms with Crippen LogP contribution >= 0.6 is 0 Å². The minimum absolute atomic E-state index is 0. The molecule has 1 aliphatic heterocycles. The van der Waals surface area contributed by atoms with E-state index in [1.165, 1.54) is 4.90 Å². The van der Waals surface area contributed by atoms with Crippen molar-refractivity contribution in [3.8, 4) is 0 Å². The van der Waals surface area contributed by atoms with Crippen LogP contribution in [-0.4, -0.2) is 29.9 Å². The van der Waals surface area contributed by atoms with E-state index in [0.717, 1.165) is 0 Å². The summed E-state index contributed by atoms with van der Waals surface area (Å²) >= 11 is 0. The summed E-state index contributed by atoms with van der Waals surface area (Å²) in [6.07, 6.45) is 0. The normalized spacial score (nSPS) is 24.2. The number of hydrogen-bond acceptors (Lipinski definition) is 2. The molecular formula is C5H9KN2O2. The van der Waals surface area contributed by atoms with Crippen molar-refractivity contribution in [2.45, 2.75) is 13.0 Å². The van der Waals surface area contributed by atoms with Crippen molar-refractivity contribution in [3.05, 3.63) is 0 Å². The van der Waals surface area contributed by atoms with Crippen molar-refractivity contribution in [2.75, 3.05) is 7.05 Å². The maximum absolute atomic E-state index is 10.6. The zero-order chi connectivity index (χ0) is 7.02. The molecule has 0 aromatic heterocycles. The molecule has 0 bridgehead atoms. The standard InChI is InChI=1S/C5H8N2O2.K.H/c1-3-4(8)6-5(9)7(3)2;;/h3H,1-2H3,(H,6,8,9);;/q;+1;-1. The van der Waals surface area contributed by atoms with Gasteiger partial charge in [0.1, 0.15) is 6.04 Å². The van der Waals surface area contributed by atoms with E-state index < -0.39 is 0 Å². The minimum Gasteiger partial charge on any atom is -1.00 e. The third-order valence-corrected chi connectivity index (χ3v) is 1.51. The van der Waals surface area contributed by atoms with E-state index in [1.807, 2.05) is 0 Å². The van der Waals surface area contributed by atoms with Crippen LogP contribution in [0.15, 0.2) is 0 Å². The summed E-state index contributed by atoms with van der Waals surface area (Å²) in [5.74, 6) is -0.220. The molecule has 0 aromatic rings. The van der Waals surface area contributed by atoms with E-state index in [9.17, 15) is 9.59 Å². The van der Waals surface area contributed by atoms with Gasteiger partial charge in [0.2, 0.25) is 0 Å². The fourth-order valence-electron chi connectivity index (χ4n) is 0.650. The first-order chi connectivity index (χ1) is 4.13. The molecule has 1 aliphatic rings. The van der Waals surface area contributed by atoms with Gasteiger partial charge in [-0.1, -0.05) is 0 Å². The van der Waals surface area contributed by atoms with Crippen LogP contribution in [0.1, 0.15) is 8.35 Å². The van der Waals surface area contributed by atoms with Crippen molar-refractivity contribution in [2.24, 2.45) is 0 Å². The van der Waals surface area contributed by atoms with Crippen LogP contribution in [0.4, 0.5) is 4.79 Å². The average Bonchev–Trinajstić information content (AvgIpc) is 1.98. The summed E-state index contributed by atoms with van der Waals surface area (Å²) in [7, 11) is 1.59. The predicted molar refractivity (Wildman–Crippen MR) is 31.9 cm³/mol. The maximum Gasteiger partial charge on any atom is 1.00 e. The number of nitrogens with one attached hydrogen (secondary N) is 1. The molecule has 1 rings (SSSR count). The Morgan fingerprint density at radius 1 is 1.60 bits per heavy atom. The van der Waals surface area contributed by atoms with Crippen LogP contribution in [0.2, 0.25) is 0 Å². The Balaban J connectivity index is 0. The van der Waals surface area contributed by atoms with E-state index >= 15 is 0 Å². The second-order valence-electron chi connectivity index (χ2n) is 2.08. The Morgan fingerprint density at radius 2 is 2.10 bits per heavy atom. The first-order valence-electron chi connectivity index (χ1n) is 2.70. The van der Waals surface area contributed by atoms with Crippen molar-refractivity contribution in [1.29, 1.82) is 0 Å². The Labute approximate surface area is 103 Å². The fraction of sp³-hybridized carbons (Fsp3) is 0.600. The summed E-state index contributed by atoms with van der Waals surface area (Å²) < 4.78 is 0. The molecule has 5 heteroatoms. The van der Waals surface area contributed by atoms with E-state index in [4.69, 9.17) is 0 Å². The van der Waals surface area contributed by atoms with Gasteiger partial charge in [-0.05, 0) is 6.92 Å². The Morgan fingerprint density at radius 3 is 2.20 bits per heavy atom. The minimum atomic E-state index is -0.312. The first-order valence-corrected chi connectivity index (χ1v) is 2.70. The predicted octanol–water partition coefficient (Wildman–Crippen LogP) is -3.33. The Kier molecular flexibility index (Phi) is 4.04. The molecule has 0 radical (unpaired) electrons. The molecule has 10 heavy (non-hydrogen) atoms. The van der Waals surface area contributed by atoms with Gasteiger partial charge in [0.15, 0.2) is 0 Å². The van der Waals surface area contributed by atoms with E-state index in [-0.39, 0.29) is 70.8 Å². The number of urea groups is 1. The van der Waals surface area contributed by atoms with Gasteiger partial charge in [-0.3, -0.25) is 10.1 Å². The third-order valence-electron chi connectivity index (χ3n) is 1.51. The molecule has 1 saturated heterocycles. The maximum atomic E-state index is 10.6. The monoisotopic (exact) mass is 168 g/mol. The number of likely N-dealkylation sites (N-methyl/N-ethyl adjacent to an activating group) is 1. The summed E-state index contributed by atoms with van der Waals surface area (Å²) in [5, 5.41) is 2.16. The Bertz CT molecular complexity index is 158. The van der Waals surface area contributed by atoms with Crippen LogP contribution < -0.4 is 56.7 Å². The van der Waals surface area contributed by atoms with Crippen LogP contribution in [-0.2, 0) is 4.79 Å². The molecule has 0 spiro atoms. The number of hydrogen-bond donors (Lipinski definition) is 1. The molecule has 3 amide bonds. The number of imide groups is 1. The zero-order valence-electron chi connectivity index (χ0n) is 7.34. The van der Waals surface area contributed by atoms with Crippen molar-refractivity contribution >= 4 is 11.9 Å². The Hall–Kier alpha value is 0.576. The van der Waals surface area contributed by atoms with Crippen LogP contribution in [0.3, 0.4) is 0 Å². The number of carbonyl (C=O) groups is 2. The van der Waals surface area contributed by atoms with Crippen LogP contribution in [0, 0.1) is 0 Å². The van der Waals surface area contributed by atoms with Gasteiger partial charge in [-0.2, -0.15) is 0 Å². The van der Waals surface area contributed by atoms with Crippen LogP contribution in [0.25, 0.3) is 0 Å². The van der Waals surface area contributed by atoms with Crippen LogP contribution in [0.5, 0.6) is 0 Å². The summed E-state index contributed by atoms with van der Waals surface area (Å²) in [6, 6.07) is -0.620. The molecule has 1 fully saturated rings. The fourth-order valence-corrected chi connectivity index (χ4v) is 0.650. The molecule has 52 valence electrons. The molecule has 1 atom stereocenters. The second-order valence-corrected chi connectivity index (χ2v) is 2.08. The van der Waals surface area contributed by atoms with Crippen molar-refractivity contribution in [1.82, 2.24) is 10.2 Å². The number of rotatable bonds is 0. The van der Waals surface area contributed by atoms with Gasteiger partial charge in [-0.15, -0.1) is 0 Å². The number of nitrogens with zero attached hydrogens (tertiary/aromatic N) is 1. The first kappa shape index (κ1) is 10.6. The van der Waals surface area contributed by atoms with Gasteiger partial charge in [-0.25, -0.2) is 4.79 Å². The van der Waals surface area contributed by atoms with Crippen molar-refractivity contribution in [3.63, 3.8) is 0 Å². The summed E-state index contributed by atoms with van der Waals surface area (Å²) in [6.45, 7) is 1.68. The van der Waals surface area contributed by atoms with Gasteiger partial charge >= 0.3 is 57.4 Å². The zero-order valence-corrected chi connectivity index (χ0v) is 9.46. The smallest absolute Gasteiger partial charge is 1.00 e. The molecule has 4 nitrogen and oxygen atoms in total. The SMILES string of the molecule is CC1C(=O)NC(=O)N1C.[H-].[K+]. The van der Waals surface area contributed by atoms with Gasteiger partial charge in [0, 0.05) is 7.05 Å². The molecular weight excluding hydrogens is 159 g/mol. The topological polar surface area (TPSA) is 49.4 Å². The molecule has 0 aromatic carbocycles. The summed E-state index contributed by atoms with van der Waals surface area (Å²) in [4.78, 5) is 22.6. The molecule has 0 saturated carbocycles. The quantitative estimate of drug-likeness (QED) is 0.304. The molecule has 1 heterocycles. The van der Waals surface area contributed by atoms with E-state index in [1.54, 1.807) is 14.0 Å². The van der Waals surface area contributed by atoms with Gasteiger partial charge in [0.25, 0.3) is 5.91 Å². The average molecular weight is 168 g/mol. The number of amides is 3. The third kappa shape index (κ3) is 1.79. The van der Waals surface area contributed by atoms with E-state index in [2.05, 4.69) is 5.32 Å². The molecule has 1 N–H and O–H groups in total. The summed E-state index contributed by atoms with van der Waals surface area (Å²) in [5.41, 5.74) is 0. The van der Waals surface area contributed by atoms with Gasteiger partial charge < -0.3 is 6.33 Å². The van der Waals surface area contributed by atoms with E-state index in [0.29, 0.717) is 0 Å². The molecule has 1 unspecified atom stereocenters. The van der Waals surface area contributed by atoms with Crippen molar-refractivity contribution < 1.29 is 62.4 Å². The number of carbonyl (C=O) groups excluding carboxylic acids is 2. The largest absolute Gasteiger partial charge is 1.00 e. The second kappa shape index (κ2) is 3.82.